The molecule has 0 unspecified atom stereocenters. The Balaban J connectivity index is 1.86. The third-order valence-electron chi connectivity index (χ3n) is 4.00. The summed E-state index contributed by atoms with van der Waals surface area (Å²) >= 11 is 7.17. The fourth-order valence-corrected chi connectivity index (χ4v) is 3.88. The van der Waals surface area contributed by atoms with Gasteiger partial charge in [0.1, 0.15) is 17.0 Å². The first-order chi connectivity index (χ1) is 12.9. The molecule has 0 aliphatic carbocycles. The number of benzene rings is 2. The maximum atomic E-state index is 13.4. The topological polar surface area (TPSA) is 37.8 Å². The molecule has 0 atom stereocenters. The van der Waals surface area contributed by atoms with E-state index in [1.807, 2.05) is 35.7 Å². The van der Waals surface area contributed by atoms with E-state index in [1.54, 1.807) is 0 Å². The molecule has 2 aromatic carbocycles. The molecule has 0 fully saturated rings. The normalized spacial score (nSPS) is 11.7. The van der Waals surface area contributed by atoms with Gasteiger partial charge in [0.25, 0.3) is 0 Å². The van der Waals surface area contributed by atoms with Gasteiger partial charge in [0.05, 0.1) is 16.6 Å². The molecule has 0 radical (unpaired) electrons. The summed E-state index contributed by atoms with van der Waals surface area (Å²) in [4.78, 5) is 9.12. The van der Waals surface area contributed by atoms with Crippen LogP contribution in [0.15, 0.2) is 60.2 Å². The minimum atomic E-state index is -4.55. The number of hydrogen-bond acceptors (Lipinski definition) is 4. The zero-order valence-electron chi connectivity index (χ0n) is 13.6. The molecule has 0 saturated carbocycles. The van der Waals surface area contributed by atoms with Crippen LogP contribution in [0.2, 0.25) is 5.02 Å². The van der Waals surface area contributed by atoms with Crippen LogP contribution >= 0.6 is 22.9 Å². The largest absolute Gasteiger partial charge is 0.418 e. The molecule has 136 valence electrons. The Labute approximate surface area is 161 Å². The SMILES string of the molecule is FC(F)(F)c1cc(Cl)ccc1Nc1ncnc2scc(-c3ccccc3)c12. The first-order valence-corrected chi connectivity index (χ1v) is 9.10. The quantitative estimate of drug-likeness (QED) is 0.408. The second kappa shape index (κ2) is 6.83. The van der Waals surface area contributed by atoms with Gasteiger partial charge in [-0.2, -0.15) is 13.2 Å². The van der Waals surface area contributed by atoms with Gasteiger partial charge in [-0.1, -0.05) is 41.9 Å². The van der Waals surface area contributed by atoms with Crippen LogP contribution < -0.4 is 5.32 Å². The Kier molecular flexibility index (Phi) is 4.49. The molecule has 0 bridgehead atoms. The van der Waals surface area contributed by atoms with Crippen molar-refractivity contribution in [1.82, 2.24) is 9.97 Å². The smallest absolute Gasteiger partial charge is 0.339 e. The molecule has 4 aromatic rings. The predicted molar refractivity (Wildman–Crippen MR) is 103 cm³/mol. The summed E-state index contributed by atoms with van der Waals surface area (Å²) in [5.74, 6) is 0.313. The maximum Gasteiger partial charge on any atom is 0.418 e. The van der Waals surface area contributed by atoms with Gasteiger partial charge in [-0.05, 0) is 23.8 Å². The van der Waals surface area contributed by atoms with Gasteiger partial charge in [-0.25, -0.2) is 9.97 Å². The van der Waals surface area contributed by atoms with Crippen LogP contribution in [-0.2, 0) is 6.18 Å². The standard InChI is InChI=1S/C19H11ClF3N3S/c20-12-6-7-15(14(8-12)19(21,22)23)26-17-16-13(11-4-2-1-3-5-11)9-27-18(16)25-10-24-17/h1-10H,(H,24,25,26). The van der Waals surface area contributed by atoms with Crippen LogP contribution in [0.1, 0.15) is 5.56 Å². The van der Waals surface area contributed by atoms with Gasteiger partial charge in [-0.3, -0.25) is 0 Å². The van der Waals surface area contributed by atoms with Crippen molar-refractivity contribution >= 4 is 44.7 Å². The van der Waals surface area contributed by atoms with Crippen molar-refractivity contribution < 1.29 is 13.2 Å². The fourth-order valence-electron chi connectivity index (χ4n) is 2.79. The molecule has 4 rings (SSSR count). The fraction of sp³-hybridized carbons (Fsp3) is 0.0526. The lowest BCUT2D eigenvalue weighted by Crippen LogP contribution is -2.09. The summed E-state index contributed by atoms with van der Waals surface area (Å²) in [6, 6.07) is 13.2. The summed E-state index contributed by atoms with van der Waals surface area (Å²) < 4.78 is 40.2. The first-order valence-electron chi connectivity index (χ1n) is 7.85. The molecule has 0 spiro atoms. The van der Waals surface area contributed by atoms with Gasteiger partial charge in [-0.15, -0.1) is 11.3 Å². The average Bonchev–Trinajstić information content (AvgIpc) is 3.08. The Hall–Kier alpha value is -2.64. The average molecular weight is 406 g/mol. The summed E-state index contributed by atoms with van der Waals surface area (Å²) in [6.07, 6.45) is -3.21. The van der Waals surface area contributed by atoms with E-state index in [-0.39, 0.29) is 10.7 Å². The Bertz CT molecular complexity index is 1110. The van der Waals surface area contributed by atoms with E-state index in [0.717, 1.165) is 17.2 Å². The number of nitrogens with one attached hydrogen (secondary N) is 1. The molecule has 1 N–H and O–H groups in total. The van der Waals surface area contributed by atoms with E-state index in [9.17, 15) is 13.2 Å². The molecule has 2 aromatic heterocycles. The number of fused-ring (bicyclic) bond motifs is 1. The van der Waals surface area contributed by atoms with E-state index in [2.05, 4.69) is 15.3 Å². The van der Waals surface area contributed by atoms with Gasteiger partial charge in [0.15, 0.2) is 0 Å². The van der Waals surface area contributed by atoms with Gasteiger partial charge >= 0.3 is 6.18 Å². The summed E-state index contributed by atoms with van der Waals surface area (Å²) in [5, 5.41) is 5.44. The lowest BCUT2D eigenvalue weighted by Gasteiger charge is -2.15. The highest BCUT2D eigenvalue weighted by atomic mass is 35.5. The van der Waals surface area contributed by atoms with Crippen molar-refractivity contribution in [3.05, 3.63) is 70.8 Å². The predicted octanol–water partition coefficient (Wildman–Crippen LogP) is 6.77. The highest BCUT2D eigenvalue weighted by Crippen LogP contribution is 2.41. The van der Waals surface area contributed by atoms with Crippen LogP contribution in [0.5, 0.6) is 0 Å². The van der Waals surface area contributed by atoms with Crippen LogP contribution in [0, 0.1) is 0 Å². The number of halogens is 4. The third kappa shape index (κ3) is 3.48. The molecule has 0 aliphatic rings. The molecular formula is C19H11ClF3N3S. The van der Waals surface area contributed by atoms with Gasteiger partial charge < -0.3 is 5.32 Å². The zero-order chi connectivity index (χ0) is 19.0. The van der Waals surface area contributed by atoms with Crippen molar-refractivity contribution in [2.45, 2.75) is 6.18 Å². The van der Waals surface area contributed by atoms with Crippen molar-refractivity contribution in [2.75, 3.05) is 5.32 Å². The number of nitrogens with zero attached hydrogens (tertiary/aromatic N) is 2. The number of thiophene rings is 1. The Morgan fingerprint density at radius 1 is 1.00 bits per heavy atom. The molecular weight excluding hydrogens is 395 g/mol. The minimum absolute atomic E-state index is 0.0150. The number of hydrogen-bond donors (Lipinski definition) is 1. The Morgan fingerprint density at radius 3 is 2.52 bits per heavy atom. The number of anilines is 2. The lowest BCUT2D eigenvalue weighted by molar-refractivity contribution is -0.136. The van der Waals surface area contributed by atoms with Crippen molar-refractivity contribution in [3.63, 3.8) is 0 Å². The second-order valence-corrected chi connectivity index (χ2v) is 7.03. The summed E-state index contributed by atoms with van der Waals surface area (Å²) in [5.41, 5.74) is 0.838. The van der Waals surface area contributed by atoms with E-state index in [0.29, 0.717) is 16.0 Å². The van der Waals surface area contributed by atoms with Crippen molar-refractivity contribution in [1.29, 1.82) is 0 Å². The van der Waals surface area contributed by atoms with E-state index in [4.69, 9.17) is 11.6 Å². The molecule has 8 heteroatoms. The third-order valence-corrected chi connectivity index (χ3v) is 5.12. The highest BCUT2D eigenvalue weighted by Gasteiger charge is 2.34. The van der Waals surface area contributed by atoms with Crippen molar-refractivity contribution in [3.8, 4) is 11.1 Å². The number of alkyl halides is 3. The Morgan fingerprint density at radius 2 is 1.78 bits per heavy atom. The molecule has 3 nitrogen and oxygen atoms in total. The highest BCUT2D eigenvalue weighted by molar-refractivity contribution is 7.17. The van der Waals surface area contributed by atoms with E-state index < -0.39 is 11.7 Å². The molecule has 0 amide bonds. The molecule has 0 saturated heterocycles. The monoisotopic (exact) mass is 405 g/mol. The molecule has 2 heterocycles. The van der Waals surface area contributed by atoms with E-state index >= 15 is 0 Å². The maximum absolute atomic E-state index is 13.4. The number of aromatic nitrogens is 2. The van der Waals surface area contributed by atoms with Gasteiger partial charge in [0, 0.05) is 16.0 Å². The number of rotatable bonds is 3. The van der Waals surface area contributed by atoms with Crippen molar-refractivity contribution in [2.24, 2.45) is 0 Å². The van der Waals surface area contributed by atoms with Crippen LogP contribution in [0.4, 0.5) is 24.7 Å². The first kappa shape index (κ1) is 17.8. The van der Waals surface area contributed by atoms with Crippen LogP contribution in [0.3, 0.4) is 0 Å². The van der Waals surface area contributed by atoms with Crippen LogP contribution in [0.25, 0.3) is 21.3 Å². The molecule has 0 aliphatic heterocycles. The lowest BCUT2D eigenvalue weighted by atomic mass is 10.1. The minimum Gasteiger partial charge on any atom is -0.339 e. The molecule has 27 heavy (non-hydrogen) atoms. The zero-order valence-corrected chi connectivity index (χ0v) is 15.2. The van der Waals surface area contributed by atoms with E-state index in [1.165, 1.54) is 29.8 Å². The second-order valence-electron chi connectivity index (χ2n) is 5.73. The van der Waals surface area contributed by atoms with Gasteiger partial charge in [0.2, 0.25) is 0 Å². The van der Waals surface area contributed by atoms with Crippen LogP contribution in [-0.4, -0.2) is 9.97 Å². The summed E-state index contributed by atoms with van der Waals surface area (Å²) in [7, 11) is 0. The summed E-state index contributed by atoms with van der Waals surface area (Å²) in [6.45, 7) is 0.